The van der Waals surface area contributed by atoms with Gasteiger partial charge in [0.15, 0.2) is 11.5 Å². The molecule has 0 aromatic carbocycles. The Balaban J connectivity index is 1.43. The molecule has 27 heavy (non-hydrogen) atoms. The fourth-order valence-electron chi connectivity index (χ4n) is 3.78. The van der Waals surface area contributed by atoms with Crippen molar-refractivity contribution < 1.29 is 9.32 Å². The molecule has 142 valence electrons. The summed E-state index contributed by atoms with van der Waals surface area (Å²) in [7, 11) is 0. The van der Waals surface area contributed by atoms with Gasteiger partial charge in [0.1, 0.15) is 5.56 Å². The molecule has 4 rings (SSSR count). The minimum atomic E-state index is -0.181. The maximum absolute atomic E-state index is 12.7. The van der Waals surface area contributed by atoms with Crippen LogP contribution in [0.25, 0.3) is 5.65 Å². The van der Waals surface area contributed by atoms with Crippen molar-refractivity contribution in [2.45, 2.75) is 58.8 Å². The number of carbonyl (C=O) groups is 1. The summed E-state index contributed by atoms with van der Waals surface area (Å²) in [5.41, 5.74) is 3.58. The number of fused-ring (bicyclic) bond motifs is 1. The van der Waals surface area contributed by atoms with Crippen molar-refractivity contribution in [1.82, 2.24) is 30.1 Å². The minimum absolute atomic E-state index is 0.181. The van der Waals surface area contributed by atoms with Crippen molar-refractivity contribution >= 4 is 11.6 Å². The van der Waals surface area contributed by atoms with Crippen LogP contribution in [0.4, 0.5) is 0 Å². The van der Waals surface area contributed by atoms with Crippen molar-refractivity contribution in [2.75, 3.05) is 6.54 Å². The lowest BCUT2D eigenvalue weighted by molar-refractivity contribution is 0.0954. The van der Waals surface area contributed by atoms with Crippen LogP contribution in [0.5, 0.6) is 0 Å². The standard InChI is InChI=1S/C19H24N6O2/c1-11-10-12(2)25-17(21-11)16(13(3)23-25)18(26)20-9-8-15-22-19(27-24-15)14-6-4-5-7-14/h10,14H,4-9H2,1-3H3,(H,20,26). The van der Waals surface area contributed by atoms with E-state index in [9.17, 15) is 4.79 Å². The van der Waals surface area contributed by atoms with E-state index in [-0.39, 0.29) is 5.91 Å². The highest BCUT2D eigenvalue weighted by atomic mass is 16.5. The number of hydrogen-bond acceptors (Lipinski definition) is 6. The van der Waals surface area contributed by atoms with Gasteiger partial charge in [0.2, 0.25) is 5.89 Å². The largest absolute Gasteiger partial charge is 0.351 e. The molecule has 3 aromatic heterocycles. The maximum Gasteiger partial charge on any atom is 0.257 e. The van der Waals surface area contributed by atoms with Crippen LogP contribution >= 0.6 is 0 Å². The van der Waals surface area contributed by atoms with Crippen molar-refractivity contribution in [3.05, 3.63) is 40.4 Å². The van der Waals surface area contributed by atoms with Gasteiger partial charge in [0, 0.05) is 30.3 Å². The second-order valence-corrected chi connectivity index (χ2v) is 7.27. The van der Waals surface area contributed by atoms with Gasteiger partial charge in [-0.1, -0.05) is 18.0 Å². The zero-order valence-corrected chi connectivity index (χ0v) is 15.9. The van der Waals surface area contributed by atoms with Crippen LogP contribution in [0, 0.1) is 20.8 Å². The summed E-state index contributed by atoms with van der Waals surface area (Å²) < 4.78 is 7.10. The first-order valence-corrected chi connectivity index (χ1v) is 9.47. The Labute approximate surface area is 157 Å². The number of aromatic nitrogens is 5. The van der Waals surface area contributed by atoms with Crippen LogP contribution in [0.2, 0.25) is 0 Å². The van der Waals surface area contributed by atoms with Crippen LogP contribution in [-0.2, 0) is 6.42 Å². The molecule has 1 N–H and O–H groups in total. The van der Waals surface area contributed by atoms with Crippen LogP contribution in [0.15, 0.2) is 10.6 Å². The molecule has 0 saturated heterocycles. The molecule has 8 heteroatoms. The predicted molar refractivity (Wildman–Crippen MR) is 98.7 cm³/mol. The summed E-state index contributed by atoms with van der Waals surface area (Å²) >= 11 is 0. The van der Waals surface area contributed by atoms with E-state index >= 15 is 0 Å². The maximum atomic E-state index is 12.7. The zero-order chi connectivity index (χ0) is 19.0. The third-order valence-corrected chi connectivity index (χ3v) is 5.12. The summed E-state index contributed by atoms with van der Waals surface area (Å²) in [6, 6.07) is 1.94. The molecule has 3 heterocycles. The van der Waals surface area contributed by atoms with Crippen molar-refractivity contribution in [3.63, 3.8) is 0 Å². The first-order valence-electron chi connectivity index (χ1n) is 9.47. The Hall–Kier alpha value is -2.77. The second kappa shape index (κ2) is 7.09. The van der Waals surface area contributed by atoms with E-state index in [1.807, 2.05) is 26.8 Å². The molecule has 1 saturated carbocycles. The van der Waals surface area contributed by atoms with Gasteiger partial charge in [0.05, 0.1) is 5.69 Å². The van der Waals surface area contributed by atoms with Gasteiger partial charge < -0.3 is 9.84 Å². The van der Waals surface area contributed by atoms with Crippen molar-refractivity contribution in [3.8, 4) is 0 Å². The molecule has 1 fully saturated rings. The lowest BCUT2D eigenvalue weighted by Gasteiger charge is -2.04. The second-order valence-electron chi connectivity index (χ2n) is 7.27. The van der Waals surface area contributed by atoms with E-state index in [2.05, 4.69) is 25.5 Å². The lowest BCUT2D eigenvalue weighted by atomic mass is 10.1. The first-order chi connectivity index (χ1) is 13.0. The van der Waals surface area contributed by atoms with Gasteiger partial charge in [-0.25, -0.2) is 9.50 Å². The number of nitrogens with one attached hydrogen (secondary N) is 1. The lowest BCUT2D eigenvalue weighted by Crippen LogP contribution is -2.26. The number of hydrogen-bond donors (Lipinski definition) is 1. The van der Waals surface area contributed by atoms with E-state index in [1.165, 1.54) is 12.8 Å². The summed E-state index contributed by atoms with van der Waals surface area (Å²) in [4.78, 5) is 21.7. The molecular formula is C19H24N6O2. The average molecular weight is 368 g/mol. The van der Waals surface area contributed by atoms with Crippen molar-refractivity contribution in [1.29, 1.82) is 0 Å². The van der Waals surface area contributed by atoms with E-state index in [1.54, 1.807) is 4.52 Å². The van der Waals surface area contributed by atoms with Crippen LogP contribution in [0.1, 0.15) is 70.8 Å². The molecule has 0 radical (unpaired) electrons. The number of amides is 1. The molecule has 0 atom stereocenters. The molecule has 1 aliphatic carbocycles. The number of aryl methyl sites for hydroxylation is 3. The molecule has 1 aliphatic rings. The van der Waals surface area contributed by atoms with Crippen molar-refractivity contribution in [2.24, 2.45) is 0 Å². The molecule has 1 amide bonds. The summed E-state index contributed by atoms with van der Waals surface area (Å²) in [6.45, 7) is 6.12. The topological polar surface area (TPSA) is 98.2 Å². The molecular weight excluding hydrogens is 344 g/mol. The Bertz CT molecular complexity index is 984. The minimum Gasteiger partial charge on any atom is -0.351 e. The van der Waals surface area contributed by atoms with Gasteiger partial charge in [-0.3, -0.25) is 4.79 Å². The Morgan fingerprint density at radius 2 is 2.04 bits per heavy atom. The van der Waals surface area contributed by atoms with Gasteiger partial charge >= 0.3 is 0 Å². The molecule has 8 nitrogen and oxygen atoms in total. The third kappa shape index (κ3) is 3.43. The number of nitrogens with zero attached hydrogens (tertiary/aromatic N) is 5. The highest BCUT2D eigenvalue weighted by Crippen LogP contribution is 2.32. The summed E-state index contributed by atoms with van der Waals surface area (Å²) in [6.07, 6.45) is 5.23. The predicted octanol–water partition coefficient (Wildman–Crippen LogP) is 2.67. The van der Waals surface area contributed by atoms with Gasteiger partial charge in [-0.05, 0) is 39.7 Å². The average Bonchev–Trinajstić information content (AvgIpc) is 3.33. The van der Waals surface area contributed by atoms with Crippen LogP contribution in [0.3, 0.4) is 0 Å². The van der Waals surface area contributed by atoms with Crippen LogP contribution < -0.4 is 5.32 Å². The van der Waals surface area contributed by atoms with Crippen LogP contribution in [-0.4, -0.2) is 37.2 Å². The fourth-order valence-corrected chi connectivity index (χ4v) is 3.78. The van der Waals surface area contributed by atoms with Gasteiger partial charge in [-0.2, -0.15) is 10.1 Å². The van der Waals surface area contributed by atoms with E-state index in [0.717, 1.165) is 30.1 Å². The third-order valence-electron chi connectivity index (χ3n) is 5.12. The normalized spacial score (nSPS) is 14.9. The molecule has 0 aliphatic heterocycles. The van der Waals surface area contributed by atoms with E-state index in [0.29, 0.717) is 41.6 Å². The summed E-state index contributed by atoms with van der Waals surface area (Å²) in [5.74, 6) is 1.60. The Morgan fingerprint density at radius 3 is 2.81 bits per heavy atom. The highest BCUT2D eigenvalue weighted by molar-refractivity contribution is 6.01. The summed E-state index contributed by atoms with van der Waals surface area (Å²) in [5, 5.41) is 11.4. The number of rotatable bonds is 5. The quantitative estimate of drug-likeness (QED) is 0.743. The molecule has 0 spiro atoms. The van der Waals surface area contributed by atoms with E-state index < -0.39 is 0 Å². The zero-order valence-electron chi connectivity index (χ0n) is 15.9. The molecule has 0 unspecified atom stereocenters. The SMILES string of the molecule is Cc1cc(C)n2nc(C)c(C(=O)NCCc3noc(C4CCCC4)n3)c2n1. The Kier molecular flexibility index (Phi) is 4.63. The van der Waals surface area contributed by atoms with E-state index in [4.69, 9.17) is 4.52 Å². The number of carbonyl (C=O) groups excluding carboxylic acids is 1. The monoisotopic (exact) mass is 368 g/mol. The van der Waals surface area contributed by atoms with Gasteiger partial charge in [0.25, 0.3) is 5.91 Å². The van der Waals surface area contributed by atoms with Gasteiger partial charge in [-0.15, -0.1) is 0 Å². The molecule has 3 aromatic rings. The smallest absolute Gasteiger partial charge is 0.257 e. The first kappa shape index (κ1) is 17.6. The Morgan fingerprint density at radius 1 is 1.26 bits per heavy atom. The molecule has 0 bridgehead atoms. The highest BCUT2D eigenvalue weighted by Gasteiger charge is 2.23. The fraction of sp³-hybridized carbons (Fsp3) is 0.526.